The highest BCUT2D eigenvalue weighted by Crippen LogP contribution is 2.29. The SMILES string of the molecule is CCCCOc1ccc(CNC(=O)c2ccc(OC)c([N+](=O)[O-])c2)cc1OC. The number of ether oxygens (including phenoxy) is 3. The zero-order valence-electron chi connectivity index (χ0n) is 16.2. The molecule has 2 rings (SSSR count). The Labute approximate surface area is 163 Å². The van der Waals surface area contributed by atoms with E-state index in [0.717, 1.165) is 18.4 Å². The van der Waals surface area contributed by atoms with Gasteiger partial charge in [0.25, 0.3) is 5.91 Å². The van der Waals surface area contributed by atoms with Crippen LogP contribution in [0.3, 0.4) is 0 Å². The van der Waals surface area contributed by atoms with Crippen molar-refractivity contribution in [3.8, 4) is 17.2 Å². The number of rotatable bonds is 10. The molecular formula is C20H24N2O6. The van der Waals surface area contributed by atoms with Crippen LogP contribution in [0.1, 0.15) is 35.7 Å². The monoisotopic (exact) mass is 388 g/mol. The molecule has 2 aromatic carbocycles. The normalized spacial score (nSPS) is 10.2. The summed E-state index contributed by atoms with van der Waals surface area (Å²) in [6.45, 7) is 2.94. The summed E-state index contributed by atoms with van der Waals surface area (Å²) in [6.07, 6.45) is 1.99. The Hall–Kier alpha value is -3.29. The van der Waals surface area contributed by atoms with Crippen LogP contribution < -0.4 is 19.5 Å². The van der Waals surface area contributed by atoms with Gasteiger partial charge in [-0.1, -0.05) is 19.4 Å². The van der Waals surface area contributed by atoms with Gasteiger partial charge in [0.05, 0.1) is 25.7 Å². The summed E-state index contributed by atoms with van der Waals surface area (Å²) in [5.41, 5.74) is 0.737. The van der Waals surface area contributed by atoms with Gasteiger partial charge in [0.2, 0.25) is 0 Å². The molecule has 28 heavy (non-hydrogen) atoms. The first kappa shape index (κ1) is 21.0. The van der Waals surface area contributed by atoms with Crippen LogP contribution in [0.25, 0.3) is 0 Å². The second-order valence-electron chi connectivity index (χ2n) is 6.01. The summed E-state index contributed by atoms with van der Waals surface area (Å²) in [4.78, 5) is 22.9. The second-order valence-corrected chi connectivity index (χ2v) is 6.01. The van der Waals surface area contributed by atoms with Crippen molar-refractivity contribution in [2.45, 2.75) is 26.3 Å². The summed E-state index contributed by atoms with van der Waals surface area (Å²) in [7, 11) is 2.89. The van der Waals surface area contributed by atoms with Crippen molar-refractivity contribution in [2.24, 2.45) is 0 Å². The molecule has 0 aliphatic carbocycles. The van der Waals surface area contributed by atoms with Crippen molar-refractivity contribution in [3.05, 3.63) is 57.6 Å². The number of carbonyl (C=O) groups is 1. The van der Waals surface area contributed by atoms with Crippen LogP contribution in [-0.4, -0.2) is 31.7 Å². The Bertz CT molecular complexity index is 837. The van der Waals surface area contributed by atoms with E-state index in [1.54, 1.807) is 19.2 Å². The minimum absolute atomic E-state index is 0.102. The Morgan fingerprint density at radius 3 is 2.43 bits per heavy atom. The van der Waals surface area contributed by atoms with Crippen LogP contribution in [0.4, 0.5) is 5.69 Å². The van der Waals surface area contributed by atoms with E-state index < -0.39 is 10.8 Å². The van der Waals surface area contributed by atoms with E-state index in [1.807, 2.05) is 6.07 Å². The van der Waals surface area contributed by atoms with Crippen LogP contribution in [-0.2, 0) is 6.54 Å². The maximum absolute atomic E-state index is 12.4. The van der Waals surface area contributed by atoms with E-state index in [1.165, 1.54) is 25.3 Å². The largest absolute Gasteiger partial charge is 0.493 e. The molecule has 0 heterocycles. The molecule has 150 valence electrons. The van der Waals surface area contributed by atoms with Gasteiger partial charge in [-0.2, -0.15) is 0 Å². The van der Waals surface area contributed by atoms with Gasteiger partial charge in [-0.15, -0.1) is 0 Å². The molecule has 2 aromatic rings. The van der Waals surface area contributed by atoms with Gasteiger partial charge in [-0.05, 0) is 36.2 Å². The van der Waals surface area contributed by atoms with Crippen molar-refractivity contribution in [1.29, 1.82) is 0 Å². The highest BCUT2D eigenvalue weighted by Gasteiger charge is 2.18. The lowest BCUT2D eigenvalue weighted by atomic mass is 10.1. The fourth-order valence-electron chi connectivity index (χ4n) is 2.53. The Morgan fingerprint density at radius 1 is 1.07 bits per heavy atom. The standard InChI is InChI=1S/C20H24N2O6/c1-4-5-10-28-18-8-6-14(11-19(18)27-3)13-21-20(23)15-7-9-17(26-2)16(12-15)22(24)25/h6-9,11-12H,4-5,10,13H2,1-3H3,(H,21,23). The number of hydrogen-bond acceptors (Lipinski definition) is 6. The minimum Gasteiger partial charge on any atom is -0.493 e. The van der Waals surface area contributed by atoms with E-state index in [0.29, 0.717) is 18.1 Å². The van der Waals surface area contributed by atoms with Gasteiger partial charge in [0, 0.05) is 18.2 Å². The summed E-state index contributed by atoms with van der Waals surface area (Å²) < 4.78 is 16.0. The number of benzene rings is 2. The van der Waals surface area contributed by atoms with Crippen molar-refractivity contribution in [1.82, 2.24) is 5.32 Å². The summed E-state index contributed by atoms with van der Waals surface area (Å²) in [6, 6.07) is 9.50. The van der Waals surface area contributed by atoms with Gasteiger partial charge in [0.15, 0.2) is 17.2 Å². The van der Waals surface area contributed by atoms with Crippen molar-refractivity contribution in [3.63, 3.8) is 0 Å². The van der Waals surface area contributed by atoms with Crippen LogP contribution in [0.15, 0.2) is 36.4 Å². The third-order valence-electron chi connectivity index (χ3n) is 4.07. The van der Waals surface area contributed by atoms with E-state index >= 15 is 0 Å². The number of nitro benzene ring substituents is 1. The average molecular weight is 388 g/mol. The predicted molar refractivity (Wildman–Crippen MR) is 104 cm³/mol. The van der Waals surface area contributed by atoms with E-state index in [9.17, 15) is 14.9 Å². The van der Waals surface area contributed by atoms with Gasteiger partial charge < -0.3 is 19.5 Å². The lowest BCUT2D eigenvalue weighted by Gasteiger charge is -2.12. The van der Waals surface area contributed by atoms with Crippen molar-refractivity contribution in [2.75, 3.05) is 20.8 Å². The molecule has 0 saturated heterocycles. The molecular weight excluding hydrogens is 364 g/mol. The number of nitrogens with one attached hydrogen (secondary N) is 1. The Morgan fingerprint density at radius 2 is 1.79 bits per heavy atom. The lowest BCUT2D eigenvalue weighted by Crippen LogP contribution is -2.22. The Balaban J connectivity index is 2.06. The summed E-state index contributed by atoms with van der Waals surface area (Å²) in [5, 5.41) is 13.8. The Kier molecular flexibility index (Phi) is 7.62. The highest BCUT2D eigenvalue weighted by molar-refractivity contribution is 5.95. The minimum atomic E-state index is -0.586. The number of nitro groups is 1. The number of hydrogen-bond donors (Lipinski definition) is 1. The topological polar surface area (TPSA) is 99.9 Å². The lowest BCUT2D eigenvalue weighted by molar-refractivity contribution is -0.385. The third kappa shape index (κ3) is 5.35. The molecule has 0 aliphatic heterocycles. The maximum Gasteiger partial charge on any atom is 0.311 e. The molecule has 0 unspecified atom stereocenters. The highest BCUT2D eigenvalue weighted by atomic mass is 16.6. The van der Waals surface area contributed by atoms with E-state index in [4.69, 9.17) is 14.2 Å². The number of amides is 1. The zero-order chi connectivity index (χ0) is 20.5. The van der Waals surface area contributed by atoms with Gasteiger partial charge in [0.1, 0.15) is 0 Å². The molecule has 0 saturated carbocycles. The predicted octanol–water partition coefficient (Wildman–Crippen LogP) is 3.72. The van der Waals surface area contributed by atoms with Crippen molar-refractivity contribution >= 4 is 11.6 Å². The molecule has 1 amide bonds. The molecule has 8 heteroatoms. The molecule has 0 bridgehead atoms. The van der Waals surface area contributed by atoms with Crippen molar-refractivity contribution < 1.29 is 23.9 Å². The van der Waals surface area contributed by atoms with Gasteiger partial charge in [-0.3, -0.25) is 14.9 Å². The third-order valence-corrected chi connectivity index (χ3v) is 4.07. The molecule has 0 aliphatic rings. The second kappa shape index (κ2) is 10.1. The molecule has 0 aromatic heterocycles. The first-order chi connectivity index (χ1) is 13.5. The number of unbranched alkanes of at least 4 members (excludes halogenated alkanes) is 1. The average Bonchev–Trinajstić information content (AvgIpc) is 2.72. The van der Waals surface area contributed by atoms with Crippen LogP contribution in [0, 0.1) is 10.1 Å². The molecule has 0 atom stereocenters. The van der Waals surface area contributed by atoms with E-state index in [2.05, 4.69) is 12.2 Å². The molecule has 0 spiro atoms. The molecule has 0 radical (unpaired) electrons. The fourth-order valence-corrected chi connectivity index (χ4v) is 2.53. The zero-order valence-corrected chi connectivity index (χ0v) is 16.2. The van der Waals surface area contributed by atoms with Gasteiger partial charge in [-0.25, -0.2) is 0 Å². The quantitative estimate of drug-likeness (QED) is 0.378. The molecule has 0 fully saturated rings. The first-order valence-corrected chi connectivity index (χ1v) is 8.90. The van der Waals surface area contributed by atoms with E-state index in [-0.39, 0.29) is 23.5 Å². The smallest absolute Gasteiger partial charge is 0.311 e. The van der Waals surface area contributed by atoms with Gasteiger partial charge >= 0.3 is 5.69 Å². The van der Waals surface area contributed by atoms with Crippen LogP contribution >= 0.6 is 0 Å². The summed E-state index contributed by atoms with van der Waals surface area (Å²) in [5.74, 6) is 0.915. The summed E-state index contributed by atoms with van der Waals surface area (Å²) >= 11 is 0. The number of methoxy groups -OCH3 is 2. The van der Waals surface area contributed by atoms with Crippen LogP contribution in [0.5, 0.6) is 17.2 Å². The number of carbonyl (C=O) groups excluding carboxylic acids is 1. The molecule has 8 nitrogen and oxygen atoms in total. The molecule has 1 N–H and O–H groups in total. The first-order valence-electron chi connectivity index (χ1n) is 8.90. The maximum atomic E-state index is 12.4. The fraction of sp³-hybridized carbons (Fsp3) is 0.350. The number of nitrogens with zero attached hydrogens (tertiary/aromatic N) is 1. The van der Waals surface area contributed by atoms with Crippen LogP contribution in [0.2, 0.25) is 0 Å².